The minimum absolute atomic E-state index is 0.161. The van der Waals surface area contributed by atoms with Gasteiger partial charge in [-0.25, -0.2) is 4.98 Å². The van der Waals surface area contributed by atoms with Crippen LogP contribution >= 0.6 is 0 Å². The van der Waals surface area contributed by atoms with Crippen molar-refractivity contribution in [2.75, 3.05) is 37.6 Å². The summed E-state index contributed by atoms with van der Waals surface area (Å²) in [6.45, 7) is 10.3. The number of hydrogen-bond acceptors (Lipinski definition) is 4. The fraction of sp³-hybridized carbons (Fsp3) is 0.625. The van der Waals surface area contributed by atoms with Crippen LogP contribution < -0.4 is 10.2 Å². The summed E-state index contributed by atoms with van der Waals surface area (Å²) >= 11 is 0. The van der Waals surface area contributed by atoms with E-state index in [9.17, 15) is 4.79 Å². The zero-order valence-electron chi connectivity index (χ0n) is 13.3. The normalized spacial score (nSPS) is 16.9. The molecule has 0 bridgehead atoms. The monoisotopic (exact) mass is 290 g/mol. The van der Waals surface area contributed by atoms with E-state index in [2.05, 4.69) is 41.2 Å². The van der Waals surface area contributed by atoms with Gasteiger partial charge in [-0.3, -0.25) is 4.79 Å². The molecule has 1 aliphatic heterocycles. The van der Waals surface area contributed by atoms with Crippen LogP contribution in [-0.2, 0) is 4.79 Å². The lowest BCUT2D eigenvalue weighted by atomic mass is 10.1. The lowest BCUT2D eigenvalue weighted by molar-refractivity contribution is -0.129. The summed E-state index contributed by atoms with van der Waals surface area (Å²) < 4.78 is 0. The maximum Gasteiger partial charge on any atom is 0.219 e. The van der Waals surface area contributed by atoms with Gasteiger partial charge in [0.05, 0.1) is 0 Å². The number of pyridine rings is 1. The molecule has 1 saturated heterocycles. The molecule has 1 atom stereocenters. The quantitative estimate of drug-likeness (QED) is 0.898. The van der Waals surface area contributed by atoms with E-state index >= 15 is 0 Å². The van der Waals surface area contributed by atoms with Crippen LogP contribution in [0.25, 0.3) is 0 Å². The molecule has 1 amide bonds. The first kappa shape index (κ1) is 15.8. The average molecular weight is 290 g/mol. The number of carbonyl (C=O) groups is 1. The van der Waals surface area contributed by atoms with Gasteiger partial charge >= 0.3 is 0 Å². The molecule has 1 aromatic rings. The number of anilines is 1. The average Bonchev–Trinajstić information content (AvgIpc) is 2.53. The molecule has 0 radical (unpaired) electrons. The van der Waals surface area contributed by atoms with E-state index in [0.29, 0.717) is 6.04 Å². The molecule has 1 aromatic heterocycles. The summed E-state index contributed by atoms with van der Waals surface area (Å²) in [5, 5.41) is 3.47. The molecular formula is C16H26N4O. The van der Waals surface area contributed by atoms with Crippen LogP contribution in [0.3, 0.4) is 0 Å². The number of aromatic nitrogens is 1. The minimum Gasteiger partial charge on any atom is -0.353 e. The van der Waals surface area contributed by atoms with E-state index in [1.165, 1.54) is 5.56 Å². The first-order valence-electron chi connectivity index (χ1n) is 7.81. The largest absolute Gasteiger partial charge is 0.353 e. The third-order valence-electron chi connectivity index (χ3n) is 4.02. The van der Waals surface area contributed by atoms with Gasteiger partial charge < -0.3 is 15.1 Å². The summed E-state index contributed by atoms with van der Waals surface area (Å²) in [6, 6.07) is 4.57. The Morgan fingerprint density at radius 2 is 2.05 bits per heavy atom. The Morgan fingerprint density at radius 3 is 2.57 bits per heavy atom. The van der Waals surface area contributed by atoms with Crippen molar-refractivity contribution in [1.29, 1.82) is 0 Å². The fourth-order valence-electron chi connectivity index (χ4n) is 2.57. The maximum absolute atomic E-state index is 11.3. The van der Waals surface area contributed by atoms with Crippen LogP contribution in [0.1, 0.15) is 38.8 Å². The highest BCUT2D eigenvalue weighted by Gasteiger charge is 2.19. The van der Waals surface area contributed by atoms with Crippen LogP contribution in [-0.4, -0.2) is 48.5 Å². The summed E-state index contributed by atoms with van der Waals surface area (Å²) in [6.07, 6.45) is 3.09. The lowest BCUT2D eigenvalue weighted by Crippen LogP contribution is -2.48. The van der Waals surface area contributed by atoms with Gasteiger partial charge in [0.25, 0.3) is 0 Å². The van der Waals surface area contributed by atoms with Crippen molar-refractivity contribution >= 4 is 11.7 Å². The van der Waals surface area contributed by atoms with Gasteiger partial charge in [0.1, 0.15) is 5.82 Å². The number of nitrogens with one attached hydrogen (secondary N) is 1. The van der Waals surface area contributed by atoms with Crippen LogP contribution in [0.15, 0.2) is 18.3 Å². The molecule has 5 heteroatoms. The number of rotatable bonds is 5. The number of piperazine rings is 1. The van der Waals surface area contributed by atoms with Gasteiger partial charge in [0.2, 0.25) is 5.91 Å². The highest BCUT2D eigenvalue weighted by Crippen LogP contribution is 2.17. The summed E-state index contributed by atoms with van der Waals surface area (Å²) in [5.74, 6) is 1.17. The molecule has 1 N–H and O–H groups in total. The second-order valence-corrected chi connectivity index (χ2v) is 5.62. The first-order chi connectivity index (χ1) is 10.1. The van der Waals surface area contributed by atoms with Gasteiger partial charge in [-0.05, 0) is 31.5 Å². The van der Waals surface area contributed by atoms with E-state index in [4.69, 9.17) is 0 Å². The molecule has 0 aromatic carbocycles. The van der Waals surface area contributed by atoms with Crippen LogP contribution in [0.5, 0.6) is 0 Å². The highest BCUT2D eigenvalue weighted by molar-refractivity contribution is 5.73. The van der Waals surface area contributed by atoms with Gasteiger partial charge in [-0.2, -0.15) is 0 Å². The van der Waals surface area contributed by atoms with Gasteiger partial charge in [-0.15, -0.1) is 0 Å². The zero-order valence-corrected chi connectivity index (χ0v) is 13.3. The van der Waals surface area contributed by atoms with Gasteiger partial charge in [-0.1, -0.05) is 13.0 Å². The lowest BCUT2D eigenvalue weighted by Gasteiger charge is -2.35. The molecule has 1 aliphatic rings. The van der Waals surface area contributed by atoms with Crippen molar-refractivity contribution in [2.45, 2.75) is 33.2 Å². The third-order valence-corrected chi connectivity index (χ3v) is 4.02. The topological polar surface area (TPSA) is 48.5 Å². The molecule has 0 aliphatic carbocycles. The highest BCUT2D eigenvalue weighted by atomic mass is 16.2. The van der Waals surface area contributed by atoms with Gasteiger partial charge in [0, 0.05) is 45.3 Å². The van der Waals surface area contributed by atoms with Gasteiger partial charge in [0.15, 0.2) is 0 Å². The Bertz CT molecular complexity index is 452. The van der Waals surface area contributed by atoms with E-state index in [0.717, 1.165) is 45.0 Å². The number of carbonyl (C=O) groups excluding carboxylic acids is 1. The number of nitrogens with zero attached hydrogens (tertiary/aromatic N) is 3. The Balaban J connectivity index is 1.92. The van der Waals surface area contributed by atoms with Crippen LogP contribution in [0, 0.1) is 0 Å². The second kappa shape index (κ2) is 7.41. The molecule has 21 heavy (non-hydrogen) atoms. The zero-order chi connectivity index (χ0) is 15.2. The summed E-state index contributed by atoms with van der Waals surface area (Å²) in [4.78, 5) is 20.1. The predicted molar refractivity (Wildman–Crippen MR) is 85.4 cm³/mol. The second-order valence-electron chi connectivity index (χ2n) is 5.62. The summed E-state index contributed by atoms with van der Waals surface area (Å²) in [5.41, 5.74) is 1.22. The van der Waals surface area contributed by atoms with Crippen molar-refractivity contribution < 1.29 is 4.79 Å². The molecule has 5 nitrogen and oxygen atoms in total. The Labute approximate surface area is 127 Å². The third kappa shape index (κ3) is 4.17. The molecular weight excluding hydrogens is 264 g/mol. The minimum atomic E-state index is 0.161. The van der Waals surface area contributed by atoms with Crippen molar-refractivity contribution in [1.82, 2.24) is 15.2 Å². The Morgan fingerprint density at radius 1 is 1.33 bits per heavy atom. The SMILES string of the molecule is CCCNC(C)c1ccc(N2CCN(C(C)=O)CC2)nc1. The smallest absolute Gasteiger partial charge is 0.219 e. The van der Waals surface area contributed by atoms with Crippen molar-refractivity contribution in [3.05, 3.63) is 23.9 Å². The molecule has 1 fully saturated rings. The van der Waals surface area contributed by atoms with Crippen molar-refractivity contribution in [3.8, 4) is 0 Å². The molecule has 2 rings (SSSR count). The van der Waals surface area contributed by atoms with Crippen molar-refractivity contribution in [2.24, 2.45) is 0 Å². The van der Waals surface area contributed by atoms with E-state index in [1.54, 1.807) is 6.92 Å². The van der Waals surface area contributed by atoms with E-state index < -0.39 is 0 Å². The Hall–Kier alpha value is -1.62. The fourth-order valence-corrected chi connectivity index (χ4v) is 2.57. The molecule has 116 valence electrons. The predicted octanol–water partition coefficient (Wildman–Crippen LogP) is 1.81. The molecule has 1 unspecified atom stereocenters. The Kier molecular flexibility index (Phi) is 5.56. The first-order valence-corrected chi connectivity index (χ1v) is 7.81. The maximum atomic E-state index is 11.3. The number of amides is 1. The van der Waals surface area contributed by atoms with E-state index in [1.807, 2.05) is 11.1 Å². The standard InChI is InChI=1S/C16H26N4O/c1-4-7-17-13(2)15-5-6-16(18-12-15)20-10-8-19(9-11-20)14(3)21/h5-6,12-13,17H,4,7-11H2,1-3H3. The molecule has 0 saturated carbocycles. The van der Waals surface area contributed by atoms with Crippen molar-refractivity contribution in [3.63, 3.8) is 0 Å². The molecule has 0 spiro atoms. The number of hydrogen-bond donors (Lipinski definition) is 1. The van der Waals surface area contributed by atoms with Crippen LogP contribution in [0.4, 0.5) is 5.82 Å². The summed E-state index contributed by atoms with van der Waals surface area (Å²) in [7, 11) is 0. The van der Waals surface area contributed by atoms with Crippen LogP contribution in [0.2, 0.25) is 0 Å². The van der Waals surface area contributed by atoms with E-state index in [-0.39, 0.29) is 5.91 Å². The molecule has 2 heterocycles.